The molecule has 0 heterocycles. The summed E-state index contributed by atoms with van der Waals surface area (Å²) in [6, 6.07) is 0. The lowest BCUT2D eigenvalue weighted by Crippen LogP contribution is -2.26. The van der Waals surface area contributed by atoms with Crippen molar-refractivity contribution < 1.29 is 0 Å². The minimum absolute atomic E-state index is 1.04. The molecule has 0 aromatic carbocycles. The molecule has 128 valence electrons. The van der Waals surface area contributed by atoms with Crippen LogP contribution < -0.4 is 0 Å². The molecule has 0 bridgehead atoms. The summed E-state index contributed by atoms with van der Waals surface area (Å²) in [5.74, 6) is 6.61. The van der Waals surface area contributed by atoms with Gasteiger partial charge in [0, 0.05) is 0 Å². The van der Waals surface area contributed by atoms with Crippen LogP contribution in [0.15, 0.2) is 0 Å². The number of fused-ring (bicyclic) bond motifs is 2. The number of hydrogen-bond donors (Lipinski definition) is 0. The average Bonchev–Trinajstić information content (AvgIpc) is 2.55. The Morgan fingerprint density at radius 3 is 1.18 bits per heavy atom. The highest BCUT2D eigenvalue weighted by atomic mass is 14.4. The molecule has 6 unspecified atom stereocenters. The van der Waals surface area contributed by atoms with Crippen molar-refractivity contribution in [3.8, 4) is 0 Å². The van der Waals surface area contributed by atoms with E-state index in [1.54, 1.807) is 51.4 Å². The second-order valence-electron chi connectivity index (χ2n) is 9.45. The van der Waals surface area contributed by atoms with Crippen molar-refractivity contribution in [2.45, 2.75) is 104 Å². The Morgan fingerprint density at radius 2 is 0.773 bits per heavy atom. The first-order chi connectivity index (χ1) is 10.7. The van der Waals surface area contributed by atoms with Gasteiger partial charge in [0.15, 0.2) is 0 Å². The first-order valence-electron chi connectivity index (χ1n) is 10.7. The third kappa shape index (κ3) is 4.51. The lowest BCUT2D eigenvalue weighted by Gasteiger charge is -2.38. The van der Waals surface area contributed by atoms with Crippen LogP contribution in [0, 0.1) is 35.5 Å². The smallest absolute Gasteiger partial charge is 0.0383 e. The summed E-state index contributed by atoms with van der Waals surface area (Å²) in [6.07, 6.45) is 21.5. The summed E-state index contributed by atoms with van der Waals surface area (Å²) in [4.78, 5) is 0. The Morgan fingerprint density at radius 1 is 0.409 bits per heavy atom. The molecule has 0 nitrogen and oxygen atoms in total. The Balaban J connectivity index is 0.000000131. The molecule has 0 saturated heterocycles. The van der Waals surface area contributed by atoms with Crippen LogP contribution in [0.3, 0.4) is 0 Å². The molecule has 22 heavy (non-hydrogen) atoms. The fourth-order valence-electron chi connectivity index (χ4n) is 6.22. The molecule has 4 aliphatic rings. The van der Waals surface area contributed by atoms with Gasteiger partial charge in [0.05, 0.1) is 0 Å². The van der Waals surface area contributed by atoms with E-state index in [1.165, 1.54) is 38.5 Å². The van der Waals surface area contributed by atoms with Gasteiger partial charge in [-0.15, -0.1) is 0 Å². The molecule has 0 N–H and O–H groups in total. The zero-order chi connectivity index (χ0) is 15.4. The van der Waals surface area contributed by atoms with Crippen LogP contribution in [-0.2, 0) is 0 Å². The maximum atomic E-state index is 2.44. The van der Waals surface area contributed by atoms with E-state index in [4.69, 9.17) is 0 Å². The van der Waals surface area contributed by atoms with Gasteiger partial charge in [0.2, 0.25) is 0 Å². The third-order valence-corrected chi connectivity index (χ3v) is 7.60. The number of rotatable bonds is 0. The molecule has 0 amide bonds. The van der Waals surface area contributed by atoms with Crippen molar-refractivity contribution in [1.29, 1.82) is 0 Å². The molecule has 0 spiro atoms. The topological polar surface area (TPSA) is 0 Å². The summed E-state index contributed by atoms with van der Waals surface area (Å²) in [6.45, 7) is 4.87. The molecule has 0 aliphatic heterocycles. The zero-order valence-electron chi connectivity index (χ0n) is 15.4. The molecular weight excluding hydrogens is 264 g/mol. The Hall–Kier alpha value is 0. The second-order valence-corrected chi connectivity index (χ2v) is 9.45. The van der Waals surface area contributed by atoms with Gasteiger partial charge in [0.25, 0.3) is 0 Å². The van der Waals surface area contributed by atoms with Crippen molar-refractivity contribution >= 4 is 0 Å². The van der Waals surface area contributed by atoms with E-state index in [9.17, 15) is 0 Å². The Labute approximate surface area is 139 Å². The van der Waals surface area contributed by atoms with Crippen LogP contribution in [0.2, 0.25) is 0 Å². The highest BCUT2D eigenvalue weighted by molar-refractivity contribution is 4.82. The van der Waals surface area contributed by atoms with Crippen LogP contribution in [0.4, 0.5) is 0 Å². The van der Waals surface area contributed by atoms with Gasteiger partial charge in [-0.05, 0) is 61.2 Å². The molecule has 0 heteroatoms. The normalized spacial score (nSPS) is 45.0. The lowest BCUT2D eigenvalue weighted by atomic mass is 9.68. The SMILES string of the molecule is CC1CCC2CCCCC2C1.CC1CCC2CCCCC2C1. The predicted octanol–water partition coefficient (Wildman–Crippen LogP) is 7.23. The van der Waals surface area contributed by atoms with Crippen LogP contribution >= 0.6 is 0 Å². The quantitative estimate of drug-likeness (QED) is 0.443. The number of hydrogen-bond acceptors (Lipinski definition) is 0. The highest BCUT2D eigenvalue weighted by Crippen LogP contribution is 2.43. The molecule has 0 aromatic heterocycles. The van der Waals surface area contributed by atoms with E-state index in [1.807, 2.05) is 0 Å². The highest BCUT2D eigenvalue weighted by Gasteiger charge is 2.30. The maximum absolute atomic E-state index is 2.44. The maximum Gasteiger partial charge on any atom is -0.0383 e. The third-order valence-electron chi connectivity index (χ3n) is 7.60. The van der Waals surface area contributed by atoms with Crippen LogP contribution in [0.25, 0.3) is 0 Å². The van der Waals surface area contributed by atoms with Gasteiger partial charge in [-0.1, -0.05) is 78.1 Å². The predicted molar refractivity (Wildman–Crippen MR) is 96.9 cm³/mol. The second kappa shape index (κ2) is 8.20. The van der Waals surface area contributed by atoms with Crippen molar-refractivity contribution in [1.82, 2.24) is 0 Å². The van der Waals surface area contributed by atoms with E-state index in [-0.39, 0.29) is 0 Å². The zero-order valence-corrected chi connectivity index (χ0v) is 15.4. The first kappa shape index (κ1) is 16.8. The molecule has 6 atom stereocenters. The minimum Gasteiger partial charge on any atom is -0.0625 e. The standard InChI is InChI=1S/2C11H20/c2*1-9-6-7-10-4-2-3-5-11(10)8-9/h2*9-11H,2-8H2,1H3. The lowest BCUT2D eigenvalue weighted by molar-refractivity contribution is 0.137. The van der Waals surface area contributed by atoms with E-state index >= 15 is 0 Å². The monoisotopic (exact) mass is 304 g/mol. The van der Waals surface area contributed by atoms with Crippen molar-refractivity contribution in [3.05, 3.63) is 0 Å². The molecule has 0 aromatic rings. The average molecular weight is 305 g/mol. The van der Waals surface area contributed by atoms with Crippen LogP contribution in [-0.4, -0.2) is 0 Å². The molecular formula is C22H40. The van der Waals surface area contributed by atoms with Crippen molar-refractivity contribution in [2.24, 2.45) is 35.5 Å². The fourth-order valence-corrected chi connectivity index (χ4v) is 6.22. The Bertz CT molecular complexity index is 288. The Kier molecular flexibility index (Phi) is 6.28. The molecule has 4 fully saturated rings. The summed E-state index contributed by atoms with van der Waals surface area (Å²) >= 11 is 0. The summed E-state index contributed by atoms with van der Waals surface area (Å²) < 4.78 is 0. The van der Waals surface area contributed by atoms with E-state index < -0.39 is 0 Å². The van der Waals surface area contributed by atoms with E-state index in [0.717, 1.165) is 35.5 Å². The van der Waals surface area contributed by atoms with Gasteiger partial charge in [0.1, 0.15) is 0 Å². The summed E-state index contributed by atoms with van der Waals surface area (Å²) in [5.41, 5.74) is 0. The molecule has 4 rings (SSSR count). The van der Waals surface area contributed by atoms with Gasteiger partial charge in [-0.2, -0.15) is 0 Å². The van der Waals surface area contributed by atoms with Gasteiger partial charge >= 0.3 is 0 Å². The van der Waals surface area contributed by atoms with Gasteiger partial charge in [-0.25, -0.2) is 0 Å². The molecule has 0 radical (unpaired) electrons. The minimum atomic E-state index is 1.04. The molecule has 4 aliphatic carbocycles. The largest absolute Gasteiger partial charge is 0.0625 e. The van der Waals surface area contributed by atoms with Gasteiger partial charge in [-0.3, -0.25) is 0 Å². The summed E-state index contributed by atoms with van der Waals surface area (Å²) in [7, 11) is 0. The first-order valence-corrected chi connectivity index (χ1v) is 10.7. The van der Waals surface area contributed by atoms with E-state index in [2.05, 4.69) is 13.8 Å². The van der Waals surface area contributed by atoms with E-state index in [0.29, 0.717) is 0 Å². The summed E-state index contributed by atoms with van der Waals surface area (Å²) in [5, 5.41) is 0. The van der Waals surface area contributed by atoms with Crippen LogP contribution in [0.1, 0.15) is 104 Å². The van der Waals surface area contributed by atoms with Gasteiger partial charge < -0.3 is 0 Å². The van der Waals surface area contributed by atoms with Crippen LogP contribution in [0.5, 0.6) is 0 Å². The van der Waals surface area contributed by atoms with Crippen molar-refractivity contribution in [2.75, 3.05) is 0 Å². The molecule has 4 saturated carbocycles. The fraction of sp³-hybridized carbons (Fsp3) is 1.00. The van der Waals surface area contributed by atoms with Crippen molar-refractivity contribution in [3.63, 3.8) is 0 Å².